The van der Waals surface area contributed by atoms with Crippen LogP contribution in [0.1, 0.15) is 18.1 Å². The van der Waals surface area contributed by atoms with Gasteiger partial charge in [-0.15, -0.1) is 0 Å². The Kier molecular flexibility index (Phi) is 7.98. The van der Waals surface area contributed by atoms with Gasteiger partial charge in [0.15, 0.2) is 0 Å². The summed E-state index contributed by atoms with van der Waals surface area (Å²) in [4.78, 5) is 11.3. The van der Waals surface area contributed by atoms with Crippen LogP contribution in [0.15, 0.2) is 53.4 Å². The molecule has 0 spiro atoms. The number of rotatable bonds is 10. The number of hydrogen-bond acceptors (Lipinski definition) is 7. The molecule has 0 radical (unpaired) electrons. The van der Waals surface area contributed by atoms with E-state index in [0.717, 1.165) is 16.9 Å². The molecule has 0 saturated carbocycles. The molecule has 2 rings (SSSR count). The lowest BCUT2D eigenvalue weighted by atomic mass is 10.2. The van der Waals surface area contributed by atoms with Gasteiger partial charge in [-0.25, -0.2) is 0 Å². The second kappa shape index (κ2) is 10.2. The normalized spacial score (nSPS) is 12.4. The van der Waals surface area contributed by atoms with Crippen molar-refractivity contribution in [3.63, 3.8) is 0 Å². The molecule has 8 heteroatoms. The fraction of sp³-hybridized carbons (Fsp3) is 0.350. The van der Waals surface area contributed by atoms with E-state index in [2.05, 4.69) is 0 Å². The first-order valence-corrected chi connectivity index (χ1v) is 10.0. The van der Waals surface area contributed by atoms with E-state index in [1.807, 2.05) is 19.1 Å². The van der Waals surface area contributed by atoms with Crippen molar-refractivity contribution in [1.82, 2.24) is 0 Å². The zero-order chi connectivity index (χ0) is 20.6. The molecule has 2 aromatic carbocycles. The smallest absolute Gasteiger partial charge is 0.303 e. The minimum absolute atomic E-state index is 0.00493. The van der Waals surface area contributed by atoms with Crippen LogP contribution in [-0.2, 0) is 35.2 Å². The summed E-state index contributed by atoms with van der Waals surface area (Å²) in [6.07, 6.45) is -0.851. The Morgan fingerprint density at radius 2 is 1.64 bits per heavy atom. The van der Waals surface area contributed by atoms with Crippen LogP contribution in [0.5, 0.6) is 5.75 Å². The Hall–Kier alpha value is -2.42. The first kappa shape index (κ1) is 21.9. The lowest BCUT2D eigenvalue weighted by molar-refractivity contribution is -0.151. The van der Waals surface area contributed by atoms with E-state index >= 15 is 0 Å². The third-order valence-electron chi connectivity index (χ3n) is 3.78. The summed E-state index contributed by atoms with van der Waals surface area (Å²) < 4.78 is 45.3. The first-order chi connectivity index (χ1) is 13.3. The average molecular weight is 408 g/mol. The number of esters is 1. The van der Waals surface area contributed by atoms with Crippen LogP contribution in [0.2, 0.25) is 0 Å². The molecule has 0 aromatic heterocycles. The summed E-state index contributed by atoms with van der Waals surface area (Å²) in [5.41, 5.74) is 1.83. The minimum atomic E-state index is -3.95. The maximum atomic E-state index is 12.3. The van der Waals surface area contributed by atoms with Crippen LogP contribution >= 0.6 is 0 Å². The van der Waals surface area contributed by atoms with Gasteiger partial charge in [-0.05, 0) is 36.8 Å². The molecule has 0 N–H and O–H groups in total. The van der Waals surface area contributed by atoms with Crippen molar-refractivity contribution in [2.45, 2.75) is 31.5 Å². The largest absolute Gasteiger partial charge is 0.497 e. The molecule has 0 fully saturated rings. The zero-order valence-corrected chi connectivity index (χ0v) is 16.9. The molecule has 0 heterocycles. The third kappa shape index (κ3) is 6.95. The van der Waals surface area contributed by atoms with E-state index in [9.17, 15) is 13.2 Å². The van der Waals surface area contributed by atoms with Crippen molar-refractivity contribution in [2.24, 2.45) is 0 Å². The molecule has 28 heavy (non-hydrogen) atoms. The minimum Gasteiger partial charge on any atom is -0.497 e. The summed E-state index contributed by atoms with van der Waals surface area (Å²) in [6.45, 7) is 3.03. The van der Waals surface area contributed by atoms with E-state index in [1.165, 1.54) is 19.1 Å². The number of ether oxygens (including phenoxy) is 3. The number of carbonyl (C=O) groups excluding carboxylic acids is 1. The molecule has 0 saturated heterocycles. The van der Waals surface area contributed by atoms with E-state index in [0.29, 0.717) is 0 Å². The Morgan fingerprint density at radius 1 is 1.00 bits per heavy atom. The predicted molar refractivity (Wildman–Crippen MR) is 103 cm³/mol. The van der Waals surface area contributed by atoms with Crippen molar-refractivity contribution >= 4 is 16.1 Å². The van der Waals surface area contributed by atoms with Gasteiger partial charge in [0.2, 0.25) is 0 Å². The molecule has 2 aromatic rings. The van der Waals surface area contributed by atoms with Crippen LogP contribution in [0.3, 0.4) is 0 Å². The van der Waals surface area contributed by atoms with E-state index < -0.39 is 22.2 Å². The molecule has 0 unspecified atom stereocenters. The Labute approximate surface area is 165 Å². The highest BCUT2D eigenvalue weighted by atomic mass is 32.2. The van der Waals surface area contributed by atoms with Gasteiger partial charge < -0.3 is 14.2 Å². The molecule has 1 atom stereocenters. The van der Waals surface area contributed by atoms with Gasteiger partial charge in [0.05, 0.1) is 25.2 Å². The Balaban J connectivity index is 1.91. The quantitative estimate of drug-likeness (QED) is 0.441. The summed E-state index contributed by atoms with van der Waals surface area (Å²) in [6, 6.07) is 13.6. The van der Waals surface area contributed by atoms with Crippen molar-refractivity contribution in [3.8, 4) is 5.75 Å². The second-order valence-electron chi connectivity index (χ2n) is 6.15. The van der Waals surface area contributed by atoms with Crippen molar-refractivity contribution in [2.75, 3.05) is 20.3 Å². The Bertz CT molecular complexity index is 858. The van der Waals surface area contributed by atoms with Gasteiger partial charge in [-0.1, -0.05) is 29.8 Å². The van der Waals surface area contributed by atoms with Crippen molar-refractivity contribution in [1.29, 1.82) is 0 Å². The number of methoxy groups -OCH3 is 1. The van der Waals surface area contributed by atoms with E-state index in [1.54, 1.807) is 31.4 Å². The average Bonchev–Trinajstić information content (AvgIpc) is 2.66. The molecule has 0 bridgehead atoms. The van der Waals surface area contributed by atoms with Gasteiger partial charge in [-0.2, -0.15) is 8.42 Å². The topological polar surface area (TPSA) is 88.1 Å². The molecule has 152 valence electrons. The van der Waals surface area contributed by atoms with E-state index in [4.69, 9.17) is 18.4 Å². The molecule has 0 aliphatic carbocycles. The number of hydrogen-bond donors (Lipinski definition) is 0. The summed E-state index contributed by atoms with van der Waals surface area (Å²) in [5.74, 6) is 0.186. The highest BCUT2D eigenvalue weighted by Gasteiger charge is 2.20. The second-order valence-corrected chi connectivity index (χ2v) is 7.76. The van der Waals surface area contributed by atoms with Crippen LogP contribution in [0.4, 0.5) is 0 Å². The number of benzene rings is 2. The fourth-order valence-electron chi connectivity index (χ4n) is 2.32. The maximum absolute atomic E-state index is 12.3. The van der Waals surface area contributed by atoms with Gasteiger partial charge in [0, 0.05) is 6.92 Å². The third-order valence-corrected chi connectivity index (χ3v) is 5.08. The van der Waals surface area contributed by atoms with E-state index in [-0.39, 0.29) is 24.7 Å². The van der Waals surface area contributed by atoms with Crippen LogP contribution in [0.25, 0.3) is 0 Å². The fourth-order valence-corrected chi connectivity index (χ4v) is 3.26. The molecular weight excluding hydrogens is 384 g/mol. The van der Waals surface area contributed by atoms with Gasteiger partial charge >= 0.3 is 5.97 Å². The van der Waals surface area contributed by atoms with Crippen LogP contribution in [-0.4, -0.2) is 40.8 Å². The maximum Gasteiger partial charge on any atom is 0.303 e. The van der Waals surface area contributed by atoms with Crippen LogP contribution in [0, 0.1) is 6.92 Å². The van der Waals surface area contributed by atoms with Gasteiger partial charge in [-0.3, -0.25) is 8.98 Å². The zero-order valence-electron chi connectivity index (χ0n) is 16.1. The summed E-state index contributed by atoms with van der Waals surface area (Å²) in [5, 5.41) is 0. The SMILES string of the molecule is COc1ccc(COC[C@@H](COS(=O)(=O)c2ccc(C)cc2)OC(C)=O)cc1. The molecular formula is C20H24O7S. The highest BCUT2D eigenvalue weighted by Crippen LogP contribution is 2.15. The molecule has 7 nitrogen and oxygen atoms in total. The predicted octanol–water partition coefficient (Wildman–Crippen LogP) is 2.86. The molecule has 0 aliphatic rings. The monoisotopic (exact) mass is 408 g/mol. The highest BCUT2D eigenvalue weighted by molar-refractivity contribution is 7.86. The van der Waals surface area contributed by atoms with Crippen molar-refractivity contribution in [3.05, 3.63) is 59.7 Å². The number of aryl methyl sites for hydroxylation is 1. The van der Waals surface area contributed by atoms with Gasteiger partial charge in [0.25, 0.3) is 10.1 Å². The number of carbonyl (C=O) groups is 1. The lowest BCUT2D eigenvalue weighted by Crippen LogP contribution is -2.29. The molecule has 0 aliphatic heterocycles. The summed E-state index contributed by atoms with van der Waals surface area (Å²) >= 11 is 0. The first-order valence-electron chi connectivity index (χ1n) is 8.64. The summed E-state index contributed by atoms with van der Waals surface area (Å²) in [7, 11) is -2.37. The van der Waals surface area contributed by atoms with Gasteiger partial charge in [0.1, 0.15) is 18.5 Å². The Morgan fingerprint density at radius 3 is 2.21 bits per heavy atom. The standard InChI is InChI=1S/C20H24O7S/c1-15-4-10-20(11-5-15)28(22,23)26-14-19(27-16(2)21)13-25-12-17-6-8-18(24-3)9-7-17/h4-11,19H,12-14H2,1-3H3/t19-/m0/s1. The lowest BCUT2D eigenvalue weighted by Gasteiger charge is -2.17. The molecule has 0 amide bonds. The van der Waals surface area contributed by atoms with Crippen molar-refractivity contribution < 1.29 is 31.6 Å². The van der Waals surface area contributed by atoms with Crippen LogP contribution < -0.4 is 4.74 Å².